The molecular formula is C22H23N5O. The fraction of sp³-hybridized carbons (Fsp3) is 0.318. The van der Waals surface area contributed by atoms with Gasteiger partial charge in [-0.3, -0.25) is 4.79 Å². The highest BCUT2D eigenvalue weighted by Crippen LogP contribution is 2.32. The molecule has 0 saturated carbocycles. The summed E-state index contributed by atoms with van der Waals surface area (Å²) in [6.07, 6.45) is 4.27. The minimum Gasteiger partial charge on any atom is -0.340 e. The molecule has 1 aromatic carbocycles. The number of pyridine rings is 1. The molecule has 1 amide bonds. The van der Waals surface area contributed by atoms with Gasteiger partial charge in [0.05, 0.1) is 34.9 Å². The maximum Gasteiger partial charge on any atom is 0.229 e. The standard InChI is InChI=1S/C22H23N5O/c1-14-8-9-16-17(12-14)25-22(24-16)18-6-5-11-27(18)21(28)13-19-15(2)23-20-7-3-4-10-26(19)20/h3-4,7-10,12,18H,5-6,11,13H2,1-2H3,(H,24,25)/t18-/m1/s1. The van der Waals surface area contributed by atoms with Crippen LogP contribution in [0.25, 0.3) is 16.7 Å². The predicted octanol–water partition coefficient (Wildman–Crippen LogP) is 3.73. The fourth-order valence-corrected chi connectivity index (χ4v) is 4.27. The number of aromatic amines is 1. The summed E-state index contributed by atoms with van der Waals surface area (Å²) in [5.41, 5.74) is 5.95. The minimum atomic E-state index is 0.0136. The van der Waals surface area contributed by atoms with Crippen molar-refractivity contribution < 1.29 is 4.79 Å². The van der Waals surface area contributed by atoms with Crippen LogP contribution in [0.15, 0.2) is 42.6 Å². The summed E-state index contributed by atoms with van der Waals surface area (Å²) in [6.45, 7) is 4.82. The van der Waals surface area contributed by atoms with Gasteiger partial charge in [-0.1, -0.05) is 12.1 Å². The molecule has 6 nitrogen and oxygen atoms in total. The van der Waals surface area contributed by atoms with Crippen molar-refractivity contribution in [2.45, 2.75) is 39.2 Å². The molecule has 3 aromatic heterocycles. The average Bonchev–Trinajstić information content (AvgIpc) is 3.38. The van der Waals surface area contributed by atoms with Gasteiger partial charge in [-0.25, -0.2) is 9.97 Å². The van der Waals surface area contributed by atoms with Crippen LogP contribution in [0.4, 0.5) is 0 Å². The molecule has 1 saturated heterocycles. The van der Waals surface area contributed by atoms with Crippen LogP contribution in [0.5, 0.6) is 0 Å². The van der Waals surface area contributed by atoms with E-state index in [9.17, 15) is 4.79 Å². The zero-order valence-electron chi connectivity index (χ0n) is 16.1. The Balaban J connectivity index is 1.44. The van der Waals surface area contributed by atoms with Crippen molar-refractivity contribution in [3.63, 3.8) is 0 Å². The molecule has 142 valence electrons. The third-order valence-electron chi connectivity index (χ3n) is 5.69. The number of imidazole rings is 2. The van der Waals surface area contributed by atoms with Crippen LogP contribution in [0.3, 0.4) is 0 Å². The molecule has 0 unspecified atom stereocenters. The number of carbonyl (C=O) groups is 1. The maximum atomic E-state index is 13.2. The predicted molar refractivity (Wildman–Crippen MR) is 108 cm³/mol. The molecule has 4 aromatic rings. The molecule has 1 fully saturated rings. The van der Waals surface area contributed by atoms with Crippen LogP contribution in [-0.4, -0.2) is 36.7 Å². The summed E-state index contributed by atoms with van der Waals surface area (Å²) in [5, 5.41) is 0. The third-order valence-corrected chi connectivity index (χ3v) is 5.69. The Bertz CT molecular complexity index is 1190. The molecule has 1 aliphatic rings. The maximum absolute atomic E-state index is 13.2. The van der Waals surface area contributed by atoms with Crippen LogP contribution in [0, 0.1) is 13.8 Å². The van der Waals surface area contributed by atoms with E-state index in [4.69, 9.17) is 4.98 Å². The number of benzene rings is 1. The van der Waals surface area contributed by atoms with E-state index in [0.717, 1.165) is 53.3 Å². The first-order chi connectivity index (χ1) is 13.6. The number of nitrogens with one attached hydrogen (secondary N) is 1. The second-order valence-electron chi connectivity index (χ2n) is 7.64. The van der Waals surface area contributed by atoms with Gasteiger partial charge in [0.15, 0.2) is 0 Å². The topological polar surface area (TPSA) is 66.3 Å². The van der Waals surface area contributed by atoms with E-state index in [1.807, 2.05) is 46.7 Å². The molecule has 4 heterocycles. The Morgan fingerprint density at radius 3 is 3.00 bits per heavy atom. The number of amides is 1. The number of rotatable bonds is 3. The highest BCUT2D eigenvalue weighted by atomic mass is 16.2. The van der Waals surface area contributed by atoms with Crippen LogP contribution in [-0.2, 0) is 11.2 Å². The van der Waals surface area contributed by atoms with E-state index in [1.165, 1.54) is 5.56 Å². The van der Waals surface area contributed by atoms with Crippen molar-refractivity contribution in [2.75, 3.05) is 6.54 Å². The van der Waals surface area contributed by atoms with Crippen molar-refractivity contribution in [1.82, 2.24) is 24.3 Å². The number of aromatic nitrogens is 4. The molecule has 1 N–H and O–H groups in total. The van der Waals surface area contributed by atoms with Crippen LogP contribution in [0.1, 0.15) is 41.7 Å². The van der Waals surface area contributed by atoms with Gasteiger partial charge in [0.2, 0.25) is 5.91 Å². The molecule has 1 atom stereocenters. The summed E-state index contributed by atoms with van der Waals surface area (Å²) in [4.78, 5) is 28.0. The van der Waals surface area contributed by atoms with Gasteiger partial charge in [-0.2, -0.15) is 0 Å². The zero-order valence-corrected chi connectivity index (χ0v) is 16.1. The van der Waals surface area contributed by atoms with Gasteiger partial charge in [0.1, 0.15) is 11.5 Å². The quantitative estimate of drug-likeness (QED) is 0.595. The van der Waals surface area contributed by atoms with Crippen molar-refractivity contribution in [2.24, 2.45) is 0 Å². The molecule has 0 aliphatic carbocycles. The highest BCUT2D eigenvalue weighted by Gasteiger charge is 2.32. The lowest BCUT2D eigenvalue weighted by atomic mass is 10.2. The molecule has 0 radical (unpaired) electrons. The van der Waals surface area contributed by atoms with Crippen molar-refractivity contribution >= 4 is 22.6 Å². The summed E-state index contributed by atoms with van der Waals surface area (Å²) in [6, 6.07) is 12.1. The second-order valence-corrected chi connectivity index (χ2v) is 7.64. The number of likely N-dealkylation sites (tertiary alicyclic amines) is 1. The van der Waals surface area contributed by atoms with Crippen LogP contribution < -0.4 is 0 Å². The Labute approximate surface area is 163 Å². The first-order valence-corrected chi connectivity index (χ1v) is 9.78. The van der Waals surface area contributed by atoms with E-state index in [2.05, 4.69) is 29.0 Å². The van der Waals surface area contributed by atoms with Crippen molar-refractivity contribution in [3.05, 3.63) is 65.4 Å². The Morgan fingerprint density at radius 2 is 2.11 bits per heavy atom. The molecular weight excluding hydrogens is 350 g/mol. The van der Waals surface area contributed by atoms with Gasteiger partial charge >= 0.3 is 0 Å². The molecule has 1 aliphatic heterocycles. The molecule has 28 heavy (non-hydrogen) atoms. The first-order valence-electron chi connectivity index (χ1n) is 9.78. The Morgan fingerprint density at radius 1 is 1.21 bits per heavy atom. The zero-order chi connectivity index (χ0) is 19.3. The number of nitrogens with zero attached hydrogens (tertiary/aromatic N) is 4. The monoisotopic (exact) mass is 373 g/mol. The molecule has 6 heteroatoms. The normalized spacial score (nSPS) is 17.1. The van der Waals surface area contributed by atoms with Crippen molar-refractivity contribution in [3.8, 4) is 0 Å². The van der Waals surface area contributed by atoms with Gasteiger partial charge < -0.3 is 14.3 Å². The average molecular weight is 373 g/mol. The van der Waals surface area contributed by atoms with Crippen molar-refractivity contribution in [1.29, 1.82) is 0 Å². The van der Waals surface area contributed by atoms with Gasteiger partial charge in [-0.15, -0.1) is 0 Å². The Kier molecular flexibility index (Phi) is 3.93. The fourth-order valence-electron chi connectivity index (χ4n) is 4.27. The van der Waals surface area contributed by atoms with Crippen LogP contribution in [0.2, 0.25) is 0 Å². The Hall–Kier alpha value is -3.15. The number of hydrogen-bond donors (Lipinski definition) is 1. The lowest BCUT2D eigenvalue weighted by molar-refractivity contribution is -0.131. The second kappa shape index (κ2) is 6.48. The van der Waals surface area contributed by atoms with E-state index in [1.54, 1.807) is 0 Å². The van der Waals surface area contributed by atoms with Gasteiger partial charge in [-0.05, 0) is 56.5 Å². The van der Waals surface area contributed by atoms with E-state index in [0.29, 0.717) is 6.42 Å². The van der Waals surface area contributed by atoms with E-state index < -0.39 is 0 Å². The first kappa shape index (κ1) is 17.0. The van der Waals surface area contributed by atoms with Crippen LogP contribution >= 0.6 is 0 Å². The number of carbonyl (C=O) groups excluding carboxylic acids is 1. The number of hydrogen-bond acceptors (Lipinski definition) is 3. The van der Waals surface area contributed by atoms with E-state index in [-0.39, 0.29) is 11.9 Å². The molecule has 0 spiro atoms. The molecule has 0 bridgehead atoms. The summed E-state index contributed by atoms with van der Waals surface area (Å²) in [7, 11) is 0. The van der Waals surface area contributed by atoms with Gasteiger partial charge in [0.25, 0.3) is 0 Å². The summed E-state index contributed by atoms with van der Waals surface area (Å²) >= 11 is 0. The number of aryl methyl sites for hydroxylation is 2. The highest BCUT2D eigenvalue weighted by molar-refractivity contribution is 5.80. The summed E-state index contributed by atoms with van der Waals surface area (Å²) in [5.74, 6) is 1.02. The summed E-state index contributed by atoms with van der Waals surface area (Å²) < 4.78 is 2.02. The lowest BCUT2D eigenvalue weighted by Gasteiger charge is -2.23. The third kappa shape index (κ3) is 2.76. The number of H-pyrrole nitrogens is 1. The largest absolute Gasteiger partial charge is 0.340 e. The minimum absolute atomic E-state index is 0.0136. The van der Waals surface area contributed by atoms with E-state index >= 15 is 0 Å². The van der Waals surface area contributed by atoms with Gasteiger partial charge in [0, 0.05) is 12.7 Å². The lowest BCUT2D eigenvalue weighted by Crippen LogP contribution is -2.32. The molecule has 5 rings (SSSR count). The smallest absolute Gasteiger partial charge is 0.229 e. The number of fused-ring (bicyclic) bond motifs is 2. The SMILES string of the molecule is Cc1ccc2nc([C@H]3CCCN3C(=O)Cc3c(C)nc4ccccn34)[nH]c2c1.